The molecule has 0 amide bonds. The highest BCUT2D eigenvalue weighted by Crippen LogP contribution is 2.43. The molecule has 0 saturated carbocycles. The molecule has 0 radical (unpaired) electrons. The van der Waals surface area contributed by atoms with Crippen molar-refractivity contribution in [3.63, 3.8) is 0 Å². The molecule has 6 aromatic rings. The van der Waals surface area contributed by atoms with Gasteiger partial charge in [0.05, 0.1) is 16.8 Å². The van der Waals surface area contributed by atoms with E-state index in [-0.39, 0.29) is 0 Å². The van der Waals surface area contributed by atoms with Gasteiger partial charge in [0.1, 0.15) is 0 Å². The van der Waals surface area contributed by atoms with E-state index >= 15 is 0 Å². The Labute approximate surface area is 255 Å². The van der Waals surface area contributed by atoms with Crippen LogP contribution in [0.3, 0.4) is 0 Å². The Hall–Kier alpha value is -4.13. The minimum atomic E-state index is -4.40. The molecule has 44 heavy (non-hydrogen) atoms. The summed E-state index contributed by atoms with van der Waals surface area (Å²) < 4.78 is 53.1. The monoisotopic (exact) mass is 588 g/mol. The fourth-order valence-corrected chi connectivity index (χ4v) is 6.19. The van der Waals surface area contributed by atoms with E-state index in [1.54, 1.807) is 12.1 Å². The normalized spacial score (nSPS) is 16.3. The van der Waals surface area contributed by atoms with Crippen molar-refractivity contribution in [3.8, 4) is 22.3 Å². The fourth-order valence-electron chi connectivity index (χ4n) is 6.19. The third-order valence-corrected chi connectivity index (χ3v) is 9.41. The van der Waals surface area contributed by atoms with Crippen LogP contribution in [0.4, 0.5) is 13.2 Å². The molecule has 0 bridgehead atoms. The van der Waals surface area contributed by atoms with Crippen LogP contribution in [-0.4, -0.2) is 18.3 Å². The minimum absolute atomic E-state index is 0.494. The van der Waals surface area contributed by atoms with Crippen LogP contribution < -0.4 is 5.46 Å². The zero-order chi connectivity index (χ0) is 31.0. The Balaban J connectivity index is 1.54. The van der Waals surface area contributed by atoms with Gasteiger partial charge < -0.3 is 9.31 Å². The van der Waals surface area contributed by atoms with Gasteiger partial charge >= 0.3 is 13.3 Å². The lowest BCUT2D eigenvalue weighted by Crippen LogP contribution is -2.41. The number of benzene rings is 6. The standard InChI is InChI=1S/C38H32BF3O2/c1-23-10-12-24(13-11-23)31-22-35-33-20-27(39-43-36(2,3)37(4,5)44-39)18-19-30(33)32(21-34(35)29-9-7-6-8-28(29)31)25-14-16-26(17-15-25)38(40,41)42/h6-22H,1-5H3. The first-order valence-corrected chi connectivity index (χ1v) is 14.8. The number of halogens is 3. The molecule has 1 saturated heterocycles. The predicted octanol–water partition coefficient (Wildman–Crippen LogP) is 10.1. The lowest BCUT2D eigenvalue weighted by atomic mass is 9.77. The lowest BCUT2D eigenvalue weighted by Gasteiger charge is -2.32. The highest BCUT2D eigenvalue weighted by atomic mass is 19.4. The average Bonchev–Trinajstić information content (AvgIpc) is 3.22. The SMILES string of the molecule is Cc1ccc(-c2cc3c4cc(B5OC(C)(C)C(C)(C)O5)ccc4c(-c4ccc(C(F)(F)F)cc4)cc3c3ccccc23)cc1. The third kappa shape index (κ3) is 4.68. The van der Waals surface area contributed by atoms with Crippen LogP contribution in [0, 0.1) is 6.92 Å². The van der Waals surface area contributed by atoms with Crippen molar-refractivity contribution < 1.29 is 22.5 Å². The fraction of sp³-hybridized carbons (Fsp3) is 0.211. The maximum atomic E-state index is 13.4. The first-order chi connectivity index (χ1) is 20.8. The molecule has 7 rings (SSSR count). The molecule has 0 atom stereocenters. The molecular formula is C38H32BF3O2. The lowest BCUT2D eigenvalue weighted by molar-refractivity contribution is -0.137. The van der Waals surface area contributed by atoms with Gasteiger partial charge in [0.15, 0.2) is 0 Å². The molecule has 2 nitrogen and oxygen atoms in total. The zero-order valence-electron chi connectivity index (χ0n) is 25.3. The molecular weight excluding hydrogens is 556 g/mol. The second-order valence-electron chi connectivity index (χ2n) is 12.8. The van der Waals surface area contributed by atoms with Crippen molar-refractivity contribution in [1.29, 1.82) is 0 Å². The van der Waals surface area contributed by atoms with Crippen LogP contribution in [0.15, 0.2) is 103 Å². The Morgan fingerprint density at radius 1 is 0.545 bits per heavy atom. The summed E-state index contributed by atoms with van der Waals surface area (Å²) in [4.78, 5) is 0. The molecule has 220 valence electrons. The largest absolute Gasteiger partial charge is 0.494 e. The molecule has 0 aliphatic carbocycles. The zero-order valence-corrected chi connectivity index (χ0v) is 25.3. The number of rotatable bonds is 3. The predicted molar refractivity (Wildman–Crippen MR) is 175 cm³/mol. The Kier molecular flexibility index (Phi) is 6.47. The summed E-state index contributed by atoms with van der Waals surface area (Å²) in [7, 11) is -0.550. The Morgan fingerprint density at radius 3 is 1.59 bits per heavy atom. The van der Waals surface area contributed by atoms with Crippen LogP contribution in [-0.2, 0) is 15.5 Å². The second kappa shape index (κ2) is 9.95. The van der Waals surface area contributed by atoms with Crippen LogP contribution in [0.1, 0.15) is 38.8 Å². The number of hydrogen-bond donors (Lipinski definition) is 0. The van der Waals surface area contributed by atoms with Gasteiger partial charge in [0, 0.05) is 0 Å². The molecule has 1 aliphatic rings. The van der Waals surface area contributed by atoms with E-state index < -0.39 is 30.1 Å². The number of alkyl halides is 3. The number of fused-ring (bicyclic) bond motifs is 5. The summed E-state index contributed by atoms with van der Waals surface area (Å²) >= 11 is 0. The molecule has 0 N–H and O–H groups in total. The highest BCUT2D eigenvalue weighted by Gasteiger charge is 2.51. The average molecular weight is 588 g/mol. The Morgan fingerprint density at radius 2 is 1.02 bits per heavy atom. The van der Waals surface area contributed by atoms with Gasteiger partial charge in [-0.3, -0.25) is 0 Å². The van der Waals surface area contributed by atoms with Crippen molar-refractivity contribution >= 4 is 44.9 Å². The van der Waals surface area contributed by atoms with Crippen molar-refractivity contribution in [2.45, 2.75) is 52.0 Å². The van der Waals surface area contributed by atoms with Gasteiger partial charge in [-0.05, 0) is 119 Å². The molecule has 0 spiro atoms. The van der Waals surface area contributed by atoms with E-state index in [9.17, 15) is 13.2 Å². The molecule has 6 heteroatoms. The molecule has 6 aromatic carbocycles. The Bertz CT molecular complexity index is 2040. The van der Waals surface area contributed by atoms with Gasteiger partial charge in [-0.1, -0.05) is 84.4 Å². The van der Waals surface area contributed by atoms with E-state index in [2.05, 4.69) is 61.5 Å². The van der Waals surface area contributed by atoms with Crippen molar-refractivity contribution in [2.75, 3.05) is 0 Å². The van der Waals surface area contributed by atoms with E-state index in [0.717, 1.165) is 72.2 Å². The maximum absolute atomic E-state index is 13.4. The van der Waals surface area contributed by atoms with Gasteiger partial charge in [0.2, 0.25) is 0 Å². The van der Waals surface area contributed by atoms with Crippen LogP contribution in [0.25, 0.3) is 54.6 Å². The van der Waals surface area contributed by atoms with Gasteiger partial charge in [0.25, 0.3) is 0 Å². The summed E-state index contributed by atoms with van der Waals surface area (Å²) in [6.45, 7) is 10.2. The molecule has 1 aliphatic heterocycles. The van der Waals surface area contributed by atoms with E-state index in [1.165, 1.54) is 5.56 Å². The van der Waals surface area contributed by atoms with Gasteiger partial charge in [-0.25, -0.2) is 0 Å². The number of aryl methyl sites for hydroxylation is 1. The smallest absolute Gasteiger partial charge is 0.399 e. The molecule has 1 heterocycles. The van der Waals surface area contributed by atoms with E-state index in [4.69, 9.17) is 9.31 Å². The van der Waals surface area contributed by atoms with Gasteiger partial charge in [-0.2, -0.15) is 13.2 Å². The number of hydrogen-bond acceptors (Lipinski definition) is 2. The summed E-state index contributed by atoms with van der Waals surface area (Å²) in [6.07, 6.45) is -4.40. The first-order valence-electron chi connectivity index (χ1n) is 14.8. The van der Waals surface area contributed by atoms with Crippen LogP contribution >= 0.6 is 0 Å². The van der Waals surface area contributed by atoms with Gasteiger partial charge in [-0.15, -0.1) is 0 Å². The molecule has 0 unspecified atom stereocenters. The second-order valence-corrected chi connectivity index (χ2v) is 12.8. The van der Waals surface area contributed by atoms with Crippen LogP contribution in [0.2, 0.25) is 0 Å². The highest BCUT2D eigenvalue weighted by molar-refractivity contribution is 6.62. The molecule has 0 aromatic heterocycles. The van der Waals surface area contributed by atoms with Crippen molar-refractivity contribution in [1.82, 2.24) is 0 Å². The molecule has 1 fully saturated rings. The maximum Gasteiger partial charge on any atom is 0.494 e. The van der Waals surface area contributed by atoms with Crippen LogP contribution in [0.5, 0.6) is 0 Å². The summed E-state index contributed by atoms with van der Waals surface area (Å²) in [5.74, 6) is 0. The van der Waals surface area contributed by atoms with Crippen molar-refractivity contribution in [3.05, 3.63) is 114 Å². The first kappa shape index (κ1) is 28.6. The summed E-state index contributed by atoms with van der Waals surface area (Å²) in [5, 5.41) is 6.22. The van der Waals surface area contributed by atoms with Crippen molar-refractivity contribution in [2.24, 2.45) is 0 Å². The summed E-state index contributed by atoms with van der Waals surface area (Å²) in [6, 6.07) is 32.9. The topological polar surface area (TPSA) is 18.5 Å². The third-order valence-electron chi connectivity index (χ3n) is 9.41. The minimum Gasteiger partial charge on any atom is -0.399 e. The quantitative estimate of drug-likeness (QED) is 0.151. The van der Waals surface area contributed by atoms with E-state index in [0.29, 0.717) is 0 Å². The van der Waals surface area contributed by atoms with E-state index in [1.807, 2.05) is 52.0 Å². The summed E-state index contributed by atoms with van der Waals surface area (Å²) in [5.41, 5.74) is 4.27.